The number of halogens is 2. The van der Waals surface area contributed by atoms with Gasteiger partial charge in [0.05, 0.1) is 6.10 Å². The molecule has 0 aliphatic carbocycles. The summed E-state index contributed by atoms with van der Waals surface area (Å²) in [4.78, 5) is 6.13. The molecular formula is C10H12Cl2N2O. The molecule has 1 N–H and O–H groups in total. The molecular weight excluding hydrogens is 235 g/mol. The molecule has 5 heteroatoms. The summed E-state index contributed by atoms with van der Waals surface area (Å²) in [5.74, 6) is 0. The lowest BCUT2D eigenvalue weighted by atomic mass is 10.3. The van der Waals surface area contributed by atoms with Gasteiger partial charge in [-0.1, -0.05) is 29.3 Å². The Morgan fingerprint density at radius 3 is 2.87 bits per heavy atom. The largest absolute Gasteiger partial charge is 0.392 e. The smallest absolute Gasteiger partial charge is 0.135 e. The third-order valence-corrected chi connectivity index (χ3v) is 3.07. The Balaban J connectivity index is 2.04. The van der Waals surface area contributed by atoms with Crippen LogP contribution in [0.3, 0.4) is 0 Å². The summed E-state index contributed by atoms with van der Waals surface area (Å²) >= 11 is 11.7. The number of aromatic nitrogens is 1. The van der Waals surface area contributed by atoms with Crippen LogP contribution in [0, 0.1) is 0 Å². The quantitative estimate of drug-likeness (QED) is 0.811. The molecule has 1 saturated heterocycles. The van der Waals surface area contributed by atoms with Crippen LogP contribution in [0.1, 0.15) is 12.0 Å². The molecule has 1 aliphatic heterocycles. The molecule has 1 fully saturated rings. The summed E-state index contributed by atoms with van der Waals surface area (Å²) in [7, 11) is 0. The highest BCUT2D eigenvalue weighted by atomic mass is 35.5. The predicted octanol–water partition coefficient (Wildman–Crippen LogP) is 1.96. The minimum Gasteiger partial charge on any atom is -0.392 e. The Kier molecular flexibility index (Phi) is 3.46. The summed E-state index contributed by atoms with van der Waals surface area (Å²) < 4.78 is 0. The Bertz CT molecular complexity index is 359. The van der Waals surface area contributed by atoms with Crippen LogP contribution in [0.15, 0.2) is 12.1 Å². The number of hydrogen-bond donors (Lipinski definition) is 1. The fourth-order valence-electron chi connectivity index (χ4n) is 1.76. The zero-order chi connectivity index (χ0) is 10.8. The topological polar surface area (TPSA) is 36.4 Å². The number of nitrogens with zero attached hydrogens (tertiary/aromatic N) is 2. The highest BCUT2D eigenvalue weighted by Crippen LogP contribution is 2.20. The van der Waals surface area contributed by atoms with Crippen LogP contribution < -0.4 is 0 Å². The van der Waals surface area contributed by atoms with Crippen LogP contribution in [-0.2, 0) is 6.54 Å². The minimum absolute atomic E-state index is 0.205. The van der Waals surface area contributed by atoms with Crippen molar-refractivity contribution in [2.75, 3.05) is 13.1 Å². The van der Waals surface area contributed by atoms with Crippen LogP contribution in [0.25, 0.3) is 0 Å². The maximum Gasteiger partial charge on any atom is 0.135 e. The number of aliphatic hydroxyl groups excluding tert-OH is 1. The molecule has 15 heavy (non-hydrogen) atoms. The Morgan fingerprint density at radius 1 is 1.47 bits per heavy atom. The first kappa shape index (κ1) is 11.1. The zero-order valence-electron chi connectivity index (χ0n) is 8.16. The second-order valence-electron chi connectivity index (χ2n) is 3.76. The molecule has 1 unspecified atom stereocenters. The van der Waals surface area contributed by atoms with Crippen LogP contribution in [0.2, 0.25) is 10.3 Å². The molecule has 1 aliphatic rings. The van der Waals surface area contributed by atoms with E-state index in [2.05, 4.69) is 9.88 Å². The molecule has 3 nitrogen and oxygen atoms in total. The lowest BCUT2D eigenvalue weighted by molar-refractivity contribution is 0.175. The van der Waals surface area contributed by atoms with Crippen molar-refractivity contribution in [2.24, 2.45) is 0 Å². The first-order valence-corrected chi connectivity index (χ1v) is 5.62. The molecule has 2 rings (SSSR count). The number of rotatable bonds is 2. The summed E-state index contributed by atoms with van der Waals surface area (Å²) in [5.41, 5.74) is 0.954. The Morgan fingerprint density at radius 2 is 2.27 bits per heavy atom. The normalized spacial score (nSPS) is 22.2. The number of aliphatic hydroxyl groups is 1. The van der Waals surface area contributed by atoms with Crippen molar-refractivity contribution < 1.29 is 5.11 Å². The van der Waals surface area contributed by atoms with Gasteiger partial charge in [0.15, 0.2) is 0 Å². The third-order valence-electron chi connectivity index (χ3n) is 2.53. The van der Waals surface area contributed by atoms with E-state index in [4.69, 9.17) is 23.2 Å². The number of likely N-dealkylation sites (tertiary alicyclic amines) is 1. The monoisotopic (exact) mass is 246 g/mol. The molecule has 82 valence electrons. The number of pyridine rings is 1. The molecule has 0 spiro atoms. The van der Waals surface area contributed by atoms with Crippen molar-refractivity contribution in [2.45, 2.75) is 19.1 Å². The average Bonchev–Trinajstić information content (AvgIpc) is 2.56. The van der Waals surface area contributed by atoms with Gasteiger partial charge in [-0.25, -0.2) is 4.98 Å². The lowest BCUT2D eigenvalue weighted by Gasteiger charge is -2.15. The summed E-state index contributed by atoms with van der Waals surface area (Å²) in [6.07, 6.45) is 0.627. The summed E-state index contributed by atoms with van der Waals surface area (Å²) in [6, 6.07) is 3.61. The maximum atomic E-state index is 9.38. The SMILES string of the molecule is OC1CCN(Cc2ccc(Cl)nc2Cl)C1. The van der Waals surface area contributed by atoms with E-state index in [0.29, 0.717) is 16.9 Å². The molecule has 0 saturated carbocycles. The molecule has 0 radical (unpaired) electrons. The van der Waals surface area contributed by atoms with Gasteiger partial charge in [-0.05, 0) is 12.5 Å². The molecule has 1 aromatic heterocycles. The molecule has 0 amide bonds. The van der Waals surface area contributed by atoms with Crippen LogP contribution in [0.5, 0.6) is 0 Å². The van der Waals surface area contributed by atoms with Crippen molar-refractivity contribution in [3.05, 3.63) is 28.0 Å². The standard InChI is InChI=1S/C10H12Cl2N2O/c11-9-2-1-7(10(12)13-9)5-14-4-3-8(15)6-14/h1-2,8,15H,3-6H2. The number of hydrogen-bond acceptors (Lipinski definition) is 3. The molecule has 1 atom stereocenters. The first-order chi connectivity index (χ1) is 7.15. The average molecular weight is 247 g/mol. The number of β-amino-alcohol motifs (C(OH)–C–C–N with tert-alkyl or cyclic N) is 1. The molecule has 1 aromatic rings. The van der Waals surface area contributed by atoms with E-state index in [0.717, 1.165) is 25.1 Å². The second-order valence-corrected chi connectivity index (χ2v) is 4.51. The minimum atomic E-state index is -0.205. The van der Waals surface area contributed by atoms with E-state index < -0.39 is 0 Å². The van der Waals surface area contributed by atoms with Gasteiger partial charge in [0, 0.05) is 25.2 Å². The zero-order valence-corrected chi connectivity index (χ0v) is 9.67. The molecule has 2 heterocycles. The summed E-state index contributed by atoms with van der Waals surface area (Å²) in [5, 5.41) is 10.2. The van der Waals surface area contributed by atoms with Crippen molar-refractivity contribution >= 4 is 23.2 Å². The van der Waals surface area contributed by atoms with Crippen molar-refractivity contribution in [3.8, 4) is 0 Å². The fraction of sp³-hybridized carbons (Fsp3) is 0.500. The van der Waals surface area contributed by atoms with Crippen molar-refractivity contribution in [1.29, 1.82) is 0 Å². The Labute approximate surface area is 98.6 Å². The van der Waals surface area contributed by atoms with E-state index in [1.165, 1.54) is 0 Å². The van der Waals surface area contributed by atoms with E-state index in [1.54, 1.807) is 6.07 Å². The summed E-state index contributed by atoms with van der Waals surface area (Å²) in [6.45, 7) is 2.33. The lowest BCUT2D eigenvalue weighted by Crippen LogP contribution is -2.21. The van der Waals surface area contributed by atoms with Crippen LogP contribution in [0.4, 0.5) is 0 Å². The highest BCUT2D eigenvalue weighted by molar-refractivity contribution is 6.32. The van der Waals surface area contributed by atoms with Crippen molar-refractivity contribution in [3.63, 3.8) is 0 Å². The van der Waals surface area contributed by atoms with Crippen LogP contribution >= 0.6 is 23.2 Å². The highest BCUT2D eigenvalue weighted by Gasteiger charge is 2.20. The van der Waals surface area contributed by atoms with Gasteiger partial charge in [-0.2, -0.15) is 0 Å². The molecule has 0 aromatic carbocycles. The van der Waals surface area contributed by atoms with Crippen molar-refractivity contribution in [1.82, 2.24) is 9.88 Å². The van der Waals surface area contributed by atoms with Gasteiger partial charge >= 0.3 is 0 Å². The van der Waals surface area contributed by atoms with E-state index in [9.17, 15) is 5.11 Å². The second kappa shape index (κ2) is 4.66. The van der Waals surface area contributed by atoms with E-state index in [1.807, 2.05) is 6.07 Å². The van der Waals surface area contributed by atoms with Gasteiger partial charge in [-0.15, -0.1) is 0 Å². The van der Waals surface area contributed by atoms with Gasteiger partial charge in [0.1, 0.15) is 10.3 Å². The third kappa shape index (κ3) is 2.82. The predicted molar refractivity (Wildman–Crippen MR) is 60.2 cm³/mol. The fourth-order valence-corrected chi connectivity index (χ4v) is 2.16. The van der Waals surface area contributed by atoms with Gasteiger partial charge < -0.3 is 5.11 Å². The van der Waals surface area contributed by atoms with E-state index >= 15 is 0 Å². The first-order valence-electron chi connectivity index (χ1n) is 4.86. The maximum absolute atomic E-state index is 9.38. The van der Waals surface area contributed by atoms with Gasteiger partial charge in [-0.3, -0.25) is 4.90 Å². The van der Waals surface area contributed by atoms with Gasteiger partial charge in [0.25, 0.3) is 0 Å². The Hall–Kier alpha value is -0.350. The van der Waals surface area contributed by atoms with Crippen LogP contribution in [-0.4, -0.2) is 34.2 Å². The van der Waals surface area contributed by atoms with E-state index in [-0.39, 0.29) is 6.10 Å². The van der Waals surface area contributed by atoms with Gasteiger partial charge in [0.2, 0.25) is 0 Å². The molecule has 0 bridgehead atoms.